The summed E-state index contributed by atoms with van der Waals surface area (Å²) in [5.74, 6) is -0.281. The fourth-order valence-corrected chi connectivity index (χ4v) is 1.51. The maximum Gasteiger partial charge on any atom is 0.311 e. The van der Waals surface area contributed by atoms with E-state index >= 15 is 0 Å². The van der Waals surface area contributed by atoms with E-state index in [4.69, 9.17) is 10.5 Å². The van der Waals surface area contributed by atoms with Crippen molar-refractivity contribution in [1.29, 1.82) is 0 Å². The van der Waals surface area contributed by atoms with Crippen LogP contribution in [0.5, 0.6) is 5.75 Å². The van der Waals surface area contributed by atoms with Gasteiger partial charge in [-0.15, -0.1) is 0 Å². The van der Waals surface area contributed by atoms with Gasteiger partial charge in [-0.25, -0.2) is 0 Å². The largest absolute Gasteiger partial charge is 0.490 e. The van der Waals surface area contributed by atoms with E-state index < -0.39 is 4.92 Å². The van der Waals surface area contributed by atoms with Crippen LogP contribution in [0.1, 0.15) is 10.4 Å². The Morgan fingerprint density at radius 1 is 1.62 bits per heavy atom. The van der Waals surface area contributed by atoms with Crippen LogP contribution in [0.25, 0.3) is 0 Å². The summed E-state index contributed by atoms with van der Waals surface area (Å²) in [6, 6.07) is 2.39. The van der Waals surface area contributed by atoms with E-state index in [0.717, 1.165) is 6.07 Å². The number of ketones is 1. The first kappa shape index (κ1) is 12.4. The maximum atomic E-state index is 11.4. The molecule has 7 heteroatoms. The number of nitro benzene ring substituents is 1. The lowest BCUT2D eigenvalue weighted by molar-refractivity contribution is -0.385. The molecule has 0 bridgehead atoms. The quantitative estimate of drug-likeness (QED) is 0.299. The standard InChI is InChI=1S/C9H9BrN2O4/c1-16-9-3-6(11)5(8(13)4-10)2-7(9)12(14)15/h2-3H,4,11H2,1H3. The summed E-state index contributed by atoms with van der Waals surface area (Å²) < 4.78 is 4.81. The van der Waals surface area contributed by atoms with Crippen LogP contribution in [-0.2, 0) is 0 Å². The molecule has 0 aliphatic rings. The van der Waals surface area contributed by atoms with Gasteiger partial charge in [-0.05, 0) is 0 Å². The van der Waals surface area contributed by atoms with E-state index in [2.05, 4.69) is 15.9 Å². The van der Waals surface area contributed by atoms with Crippen molar-refractivity contribution < 1.29 is 14.5 Å². The zero-order valence-corrected chi connectivity index (χ0v) is 9.98. The molecular weight excluding hydrogens is 280 g/mol. The van der Waals surface area contributed by atoms with Crippen LogP contribution in [0.15, 0.2) is 12.1 Å². The minimum absolute atomic E-state index is 0.0358. The van der Waals surface area contributed by atoms with Gasteiger partial charge in [-0.3, -0.25) is 14.9 Å². The van der Waals surface area contributed by atoms with Crippen LogP contribution in [0.4, 0.5) is 11.4 Å². The number of nitrogens with zero attached hydrogens (tertiary/aromatic N) is 1. The summed E-state index contributed by atoms with van der Waals surface area (Å²) in [7, 11) is 1.30. The number of halogens is 1. The summed E-state index contributed by atoms with van der Waals surface area (Å²) in [5, 5.41) is 10.8. The van der Waals surface area contributed by atoms with Gasteiger partial charge in [-0.2, -0.15) is 0 Å². The lowest BCUT2D eigenvalue weighted by Crippen LogP contribution is -2.06. The van der Waals surface area contributed by atoms with Crippen molar-refractivity contribution in [3.05, 3.63) is 27.8 Å². The van der Waals surface area contributed by atoms with Crippen molar-refractivity contribution in [3.63, 3.8) is 0 Å². The third-order valence-corrected chi connectivity index (χ3v) is 2.48. The molecule has 0 radical (unpaired) electrons. The molecule has 2 N–H and O–H groups in total. The first-order chi connectivity index (χ1) is 7.51. The van der Waals surface area contributed by atoms with Gasteiger partial charge in [-0.1, -0.05) is 15.9 Å². The Hall–Kier alpha value is -1.63. The predicted molar refractivity (Wildman–Crippen MR) is 62.2 cm³/mol. The molecule has 0 atom stereocenters. The van der Waals surface area contributed by atoms with Gasteiger partial charge < -0.3 is 10.5 Å². The molecule has 1 aromatic carbocycles. The zero-order valence-electron chi connectivity index (χ0n) is 8.40. The molecule has 16 heavy (non-hydrogen) atoms. The van der Waals surface area contributed by atoms with Crippen molar-refractivity contribution in [3.8, 4) is 5.75 Å². The van der Waals surface area contributed by atoms with E-state index in [1.54, 1.807) is 0 Å². The number of nitro groups is 1. The van der Waals surface area contributed by atoms with E-state index in [0.29, 0.717) is 0 Å². The van der Waals surface area contributed by atoms with Crippen molar-refractivity contribution in [1.82, 2.24) is 0 Å². The van der Waals surface area contributed by atoms with Gasteiger partial charge in [0.25, 0.3) is 0 Å². The second-order valence-electron chi connectivity index (χ2n) is 2.93. The topological polar surface area (TPSA) is 95.5 Å². The molecular formula is C9H9BrN2O4. The Bertz CT molecular complexity index is 447. The molecule has 0 unspecified atom stereocenters. The molecule has 0 spiro atoms. The Kier molecular flexibility index (Phi) is 3.83. The Balaban J connectivity index is 3.38. The summed E-state index contributed by atoms with van der Waals surface area (Å²) in [4.78, 5) is 21.5. The first-order valence-corrected chi connectivity index (χ1v) is 5.34. The Labute approximate surface area is 99.7 Å². The molecule has 86 valence electrons. The number of methoxy groups -OCH3 is 1. The van der Waals surface area contributed by atoms with Crippen LogP contribution in [0.3, 0.4) is 0 Å². The molecule has 1 aromatic rings. The molecule has 0 fully saturated rings. The Morgan fingerprint density at radius 2 is 2.25 bits per heavy atom. The second-order valence-corrected chi connectivity index (χ2v) is 3.49. The molecule has 0 saturated carbocycles. The molecule has 6 nitrogen and oxygen atoms in total. The monoisotopic (exact) mass is 288 g/mol. The number of nitrogen functional groups attached to an aromatic ring is 1. The molecule has 0 aromatic heterocycles. The lowest BCUT2D eigenvalue weighted by atomic mass is 10.1. The number of carbonyl (C=O) groups excluding carboxylic acids is 1. The van der Waals surface area contributed by atoms with E-state index in [1.807, 2.05) is 0 Å². The normalized spacial score (nSPS) is 9.88. The van der Waals surface area contributed by atoms with Gasteiger partial charge in [0, 0.05) is 23.4 Å². The lowest BCUT2D eigenvalue weighted by Gasteiger charge is -2.06. The highest BCUT2D eigenvalue weighted by Gasteiger charge is 2.20. The third-order valence-electron chi connectivity index (χ3n) is 1.97. The minimum atomic E-state index is -0.622. The molecule has 0 heterocycles. The maximum absolute atomic E-state index is 11.4. The summed E-state index contributed by atoms with van der Waals surface area (Å²) >= 11 is 2.98. The number of carbonyl (C=O) groups is 1. The number of hydrogen-bond donors (Lipinski definition) is 1. The average molecular weight is 289 g/mol. The number of nitrogens with two attached hydrogens (primary N) is 1. The highest BCUT2D eigenvalue weighted by Crippen LogP contribution is 2.32. The van der Waals surface area contributed by atoms with Crippen molar-refractivity contribution in [2.24, 2.45) is 0 Å². The van der Waals surface area contributed by atoms with Crippen LogP contribution in [0.2, 0.25) is 0 Å². The van der Waals surface area contributed by atoms with Crippen LogP contribution < -0.4 is 10.5 Å². The number of benzene rings is 1. The van der Waals surface area contributed by atoms with Gasteiger partial charge in [0.1, 0.15) is 0 Å². The van der Waals surface area contributed by atoms with Crippen LogP contribution >= 0.6 is 15.9 Å². The van der Waals surface area contributed by atoms with Gasteiger partial charge in [0.15, 0.2) is 11.5 Å². The predicted octanol–water partition coefficient (Wildman–Crippen LogP) is 1.76. The number of alkyl halides is 1. The van der Waals surface area contributed by atoms with Crippen molar-refractivity contribution in [2.45, 2.75) is 0 Å². The number of rotatable bonds is 4. The summed E-state index contributed by atoms with van der Waals surface area (Å²) in [6.45, 7) is 0. The molecule has 0 amide bonds. The fourth-order valence-electron chi connectivity index (χ4n) is 1.20. The van der Waals surface area contributed by atoms with Gasteiger partial charge in [0.2, 0.25) is 0 Å². The molecule has 0 aliphatic heterocycles. The number of hydrogen-bond acceptors (Lipinski definition) is 5. The van der Waals surface area contributed by atoms with Crippen LogP contribution in [0, 0.1) is 10.1 Å². The second kappa shape index (κ2) is 4.93. The highest BCUT2D eigenvalue weighted by atomic mass is 79.9. The van der Waals surface area contributed by atoms with Gasteiger partial charge in [0.05, 0.1) is 17.4 Å². The summed E-state index contributed by atoms with van der Waals surface area (Å²) in [6.07, 6.45) is 0. The number of anilines is 1. The van der Waals surface area contributed by atoms with Crippen molar-refractivity contribution in [2.75, 3.05) is 18.2 Å². The van der Waals surface area contributed by atoms with E-state index in [9.17, 15) is 14.9 Å². The first-order valence-electron chi connectivity index (χ1n) is 4.22. The SMILES string of the molecule is COc1cc(N)c(C(=O)CBr)cc1[N+](=O)[O-]. The third kappa shape index (κ3) is 2.30. The highest BCUT2D eigenvalue weighted by molar-refractivity contribution is 9.09. The van der Waals surface area contributed by atoms with E-state index in [1.165, 1.54) is 13.2 Å². The van der Waals surface area contributed by atoms with Crippen molar-refractivity contribution >= 4 is 33.1 Å². The summed E-state index contributed by atoms with van der Waals surface area (Å²) in [5.41, 5.74) is 5.60. The van der Waals surface area contributed by atoms with Gasteiger partial charge >= 0.3 is 5.69 Å². The Morgan fingerprint density at radius 3 is 2.69 bits per heavy atom. The fraction of sp³-hybridized carbons (Fsp3) is 0.222. The average Bonchev–Trinajstić information content (AvgIpc) is 2.27. The smallest absolute Gasteiger partial charge is 0.311 e. The molecule has 0 saturated heterocycles. The molecule has 0 aliphatic carbocycles. The minimum Gasteiger partial charge on any atom is -0.490 e. The molecule has 1 rings (SSSR count). The number of Topliss-reactive ketones (excluding diaryl/α,β-unsaturated/α-hetero) is 1. The van der Waals surface area contributed by atoms with Crippen LogP contribution in [-0.4, -0.2) is 23.1 Å². The number of ether oxygens (including phenoxy) is 1. The zero-order chi connectivity index (χ0) is 12.3. The van der Waals surface area contributed by atoms with E-state index in [-0.39, 0.29) is 33.8 Å².